The van der Waals surface area contributed by atoms with E-state index in [0.29, 0.717) is 38.3 Å². The third kappa shape index (κ3) is 5.93. The Morgan fingerprint density at radius 2 is 1.65 bits per heavy atom. The van der Waals surface area contributed by atoms with Crippen LogP contribution in [0.2, 0.25) is 0 Å². The molecule has 1 fully saturated rings. The summed E-state index contributed by atoms with van der Waals surface area (Å²) in [6.45, 7) is 11.0. The maximum atomic E-state index is 12.7. The molecule has 0 atom stereocenters. The fourth-order valence-electron chi connectivity index (χ4n) is 2.82. The fraction of sp³-hybridized carbons (Fsp3) is 0.600. The molecular formula is C20H31N3O3. The molecule has 6 heteroatoms. The lowest BCUT2D eigenvalue weighted by atomic mass is 10.1. The van der Waals surface area contributed by atoms with Crippen molar-refractivity contribution in [3.05, 3.63) is 29.8 Å². The van der Waals surface area contributed by atoms with Gasteiger partial charge >= 0.3 is 6.03 Å². The molecule has 0 radical (unpaired) electrons. The molecule has 6 nitrogen and oxygen atoms in total. The molecule has 144 valence electrons. The van der Waals surface area contributed by atoms with Gasteiger partial charge in [0.2, 0.25) is 0 Å². The molecule has 1 aromatic carbocycles. The van der Waals surface area contributed by atoms with Gasteiger partial charge < -0.3 is 19.9 Å². The van der Waals surface area contributed by atoms with E-state index in [1.807, 2.05) is 49.9 Å². The van der Waals surface area contributed by atoms with E-state index in [1.165, 1.54) is 0 Å². The molecule has 26 heavy (non-hydrogen) atoms. The lowest BCUT2D eigenvalue weighted by Gasteiger charge is -2.27. The van der Waals surface area contributed by atoms with Crippen LogP contribution in [0.5, 0.6) is 5.75 Å². The Morgan fingerprint density at radius 3 is 2.27 bits per heavy atom. The smallest absolute Gasteiger partial charge is 0.317 e. The number of hydrogen-bond acceptors (Lipinski definition) is 3. The molecule has 3 amide bonds. The highest BCUT2D eigenvalue weighted by Gasteiger charge is 2.24. The van der Waals surface area contributed by atoms with Crippen LogP contribution < -0.4 is 10.1 Å². The summed E-state index contributed by atoms with van der Waals surface area (Å²) in [5.74, 6) is 0.786. The summed E-state index contributed by atoms with van der Waals surface area (Å²) in [5, 5.41) is 2.98. The van der Waals surface area contributed by atoms with E-state index in [0.717, 1.165) is 18.6 Å². The van der Waals surface area contributed by atoms with Crippen molar-refractivity contribution in [2.45, 2.75) is 46.1 Å². The van der Waals surface area contributed by atoms with Gasteiger partial charge in [-0.1, -0.05) is 6.92 Å². The number of urea groups is 1. The van der Waals surface area contributed by atoms with Crippen LogP contribution >= 0.6 is 0 Å². The largest absolute Gasteiger partial charge is 0.494 e. The molecule has 1 saturated heterocycles. The number of rotatable bonds is 4. The van der Waals surface area contributed by atoms with Crippen LogP contribution in [0.3, 0.4) is 0 Å². The standard InChI is InChI=1S/C20H31N3O3/c1-5-15-26-17-9-7-16(8-10-17)18(24)22-11-6-12-23(14-13-22)19(25)21-20(2,3)4/h7-10H,5-6,11-15H2,1-4H3,(H,21,25). The SMILES string of the molecule is CCCOc1ccc(C(=O)N2CCCN(C(=O)NC(C)(C)C)CC2)cc1. The second-order valence-electron chi connectivity index (χ2n) is 7.69. The average molecular weight is 361 g/mol. The molecule has 1 N–H and O–H groups in total. The number of carbonyl (C=O) groups excluding carboxylic acids is 2. The Morgan fingerprint density at radius 1 is 1.04 bits per heavy atom. The van der Waals surface area contributed by atoms with Crippen LogP contribution in [0.1, 0.15) is 50.9 Å². The highest BCUT2D eigenvalue weighted by Crippen LogP contribution is 2.15. The van der Waals surface area contributed by atoms with Crippen LogP contribution in [-0.4, -0.2) is 60.1 Å². The second kappa shape index (κ2) is 8.92. The summed E-state index contributed by atoms with van der Waals surface area (Å²) >= 11 is 0. The number of hydrogen-bond donors (Lipinski definition) is 1. The van der Waals surface area contributed by atoms with E-state index in [-0.39, 0.29) is 17.5 Å². The van der Waals surface area contributed by atoms with Crippen molar-refractivity contribution in [3.8, 4) is 5.75 Å². The van der Waals surface area contributed by atoms with Crippen molar-refractivity contribution >= 4 is 11.9 Å². The van der Waals surface area contributed by atoms with E-state index in [9.17, 15) is 9.59 Å². The minimum absolute atomic E-state index is 0.00474. The molecule has 0 spiro atoms. The van der Waals surface area contributed by atoms with Gasteiger partial charge in [0.25, 0.3) is 5.91 Å². The second-order valence-corrected chi connectivity index (χ2v) is 7.69. The first-order chi connectivity index (χ1) is 12.3. The zero-order valence-electron chi connectivity index (χ0n) is 16.4. The van der Waals surface area contributed by atoms with Crippen molar-refractivity contribution in [1.29, 1.82) is 0 Å². The number of ether oxygens (including phenoxy) is 1. The lowest BCUT2D eigenvalue weighted by Crippen LogP contribution is -2.49. The zero-order chi connectivity index (χ0) is 19.2. The van der Waals surface area contributed by atoms with Gasteiger partial charge in [0.1, 0.15) is 5.75 Å². The molecule has 0 saturated carbocycles. The Bertz CT molecular complexity index is 608. The van der Waals surface area contributed by atoms with Crippen molar-refractivity contribution < 1.29 is 14.3 Å². The molecule has 1 aromatic rings. The molecule has 0 aliphatic carbocycles. The summed E-state index contributed by atoms with van der Waals surface area (Å²) in [5.41, 5.74) is 0.391. The van der Waals surface area contributed by atoms with Crippen LogP contribution in [0.25, 0.3) is 0 Å². The molecule has 0 aromatic heterocycles. The van der Waals surface area contributed by atoms with Gasteiger partial charge in [0.05, 0.1) is 6.61 Å². The van der Waals surface area contributed by atoms with Crippen molar-refractivity contribution in [3.63, 3.8) is 0 Å². The Hall–Kier alpha value is -2.24. The van der Waals surface area contributed by atoms with Crippen LogP contribution in [-0.2, 0) is 0 Å². The van der Waals surface area contributed by atoms with Crippen molar-refractivity contribution in [2.75, 3.05) is 32.8 Å². The van der Waals surface area contributed by atoms with E-state index in [2.05, 4.69) is 12.2 Å². The van der Waals surface area contributed by atoms with E-state index in [4.69, 9.17) is 4.74 Å². The zero-order valence-corrected chi connectivity index (χ0v) is 16.4. The number of amides is 3. The van der Waals surface area contributed by atoms with Gasteiger partial charge in [-0.15, -0.1) is 0 Å². The average Bonchev–Trinajstić information content (AvgIpc) is 2.84. The van der Waals surface area contributed by atoms with Crippen LogP contribution in [0.15, 0.2) is 24.3 Å². The van der Waals surface area contributed by atoms with Gasteiger partial charge in [0, 0.05) is 37.3 Å². The monoisotopic (exact) mass is 361 g/mol. The third-order valence-electron chi connectivity index (χ3n) is 4.13. The third-order valence-corrected chi connectivity index (χ3v) is 4.13. The van der Waals surface area contributed by atoms with Gasteiger partial charge in [-0.2, -0.15) is 0 Å². The lowest BCUT2D eigenvalue weighted by molar-refractivity contribution is 0.0762. The Labute approximate surface area is 156 Å². The molecule has 0 unspecified atom stereocenters. The molecule has 1 aliphatic heterocycles. The first kappa shape index (κ1) is 20.1. The summed E-state index contributed by atoms with van der Waals surface area (Å²) in [4.78, 5) is 28.7. The maximum Gasteiger partial charge on any atom is 0.317 e. The summed E-state index contributed by atoms with van der Waals surface area (Å²) < 4.78 is 5.56. The highest BCUT2D eigenvalue weighted by atomic mass is 16.5. The highest BCUT2D eigenvalue weighted by molar-refractivity contribution is 5.94. The van der Waals surface area contributed by atoms with Gasteiger partial charge in [-0.05, 0) is 57.9 Å². The summed E-state index contributed by atoms with van der Waals surface area (Å²) in [6.07, 6.45) is 1.73. The van der Waals surface area contributed by atoms with E-state index in [1.54, 1.807) is 4.90 Å². The van der Waals surface area contributed by atoms with Crippen LogP contribution in [0, 0.1) is 0 Å². The predicted octanol–water partition coefficient (Wildman–Crippen LogP) is 3.13. The number of nitrogens with zero attached hydrogens (tertiary/aromatic N) is 2. The van der Waals surface area contributed by atoms with E-state index < -0.39 is 0 Å². The molecule has 1 heterocycles. The maximum absolute atomic E-state index is 12.7. The van der Waals surface area contributed by atoms with Crippen LogP contribution in [0.4, 0.5) is 4.79 Å². The first-order valence-corrected chi connectivity index (χ1v) is 9.39. The topological polar surface area (TPSA) is 61.9 Å². The van der Waals surface area contributed by atoms with Crippen molar-refractivity contribution in [2.24, 2.45) is 0 Å². The molecule has 1 aliphatic rings. The fourth-order valence-corrected chi connectivity index (χ4v) is 2.82. The van der Waals surface area contributed by atoms with Gasteiger partial charge in [-0.3, -0.25) is 4.79 Å². The number of nitrogens with one attached hydrogen (secondary N) is 1. The summed E-state index contributed by atoms with van der Waals surface area (Å²) in [6, 6.07) is 7.22. The Balaban J connectivity index is 1.93. The first-order valence-electron chi connectivity index (χ1n) is 9.39. The minimum Gasteiger partial charge on any atom is -0.494 e. The quantitative estimate of drug-likeness (QED) is 0.896. The predicted molar refractivity (Wildman–Crippen MR) is 103 cm³/mol. The van der Waals surface area contributed by atoms with E-state index >= 15 is 0 Å². The molecular weight excluding hydrogens is 330 g/mol. The number of benzene rings is 1. The van der Waals surface area contributed by atoms with Gasteiger partial charge in [-0.25, -0.2) is 4.79 Å². The molecule has 2 rings (SSSR count). The van der Waals surface area contributed by atoms with Crippen molar-refractivity contribution in [1.82, 2.24) is 15.1 Å². The summed E-state index contributed by atoms with van der Waals surface area (Å²) in [7, 11) is 0. The molecule has 0 bridgehead atoms. The Kier molecular flexibility index (Phi) is 6.89. The number of carbonyl (C=O) groups is 2. The normalized spacial score (nSPS) is 15.4. The minimum atomic E-state index is -0.263. The van der Waals surface area contributed by atoms with Gasteiger partial charge in [0.15, 0.2) is 0 Å².